The average Bonchev–Trinajstić information content (AvgIpc) is 3.30. The van der Waals surface area contributed by atoms with E-state index in [-0.39, 0.29) is 24.0 Å². The maximum atomic E-state index is 12.0. The van der Waals surface area contributed by atoms with E-state index in [1.54, 1.807) is 25.3 Å². The van der Waals surface area contributed by atoms with Crippen molar-refractivity contribution in [3.63, 3.8) is 0 Å². The molecule has 0 bridgehead atoms. The standard InChI is InChI=1S/C19H18N4O4/c1-13(24)17-9-8-16(27-17)12-23-20-11-18(22-23)21-19(25)10-5-14-3-6-15(26-2)7-4-14/h3-11H,12H2,1-2H3,(H,21,22,25). The van der Waals surface area contributed by atoms with Crippen LogP contribution in [0.25, 0.3) is 6.08 Å². The number of hydrogen-bond acceptors (Lipinski definition) is 6. The number of anilines is 1. The molecule has 3 rings (SSSR count). The molecule has 0 atom stereocenters. The summed E-state index contributed by atoms with van der Waals surface area (Å²) in [5.41, 5.74) is 0.869. The number of Topliss-reactive ketones (excluding diaryl/α,β-unsaturated/α-hetero) is 1. The van der Waals surface area contributed by atoms with Gasteiger partial charge in [-0.2, -0.15) is 9.90 Å². The Balaban J connectivity index is 1.56. The molecule has 8 heteroatoms. The summed E-state index contributed by atoms with van der Waals surface area (Å²) >= 11 is 0. The summed E-state index contributed by atoms with van der Waals surface area (Å²) in [6.07, 6.45) is 4.53. The number of methoxy groups -OCH3 is 1. The Morgan fingerprint density at radius 3 is 2.67 bits per heavy atom. The smallest absolute Gasteiger partial charge is 0.249 e. The van der Waals surface area contributed by atoms with E-state index in [4.69, 9.17) is 9.15 Å². The summed E-state index contributed by atoms with van der Waals surface area (Å²) < 4.78 is 10.5. The van der Waals surface area contributed by atoms with Gasteiger partial charge in [0.15, 0.2) is 17.4 Å². The lowest BCUT2D eigenvalue weighted by atomic mass is 10.2. The van der Waals surface area contributed by atoms with Gasteiger partial charge in [0.25, 0.3) is 0 Å². The van der Waals surface area contributed by atoms with Crippen LogP contribution in [0.3, 0.4) is 0 Å². The van der Waals surface area contributed by atoms with Gasteiger partial charge < -0.3 is 14.5 Å². The number of ketones is 1. The molecule has 2 heterocycles. The predicted octanol–water partition coefficient (Wildman–Crippen LogP) is 2.78. The Hall–Kier alpha value is -3.68. The Labute approximate surface area is 155 Å². The fourth-order valence-electron chi connectivity index (χ4n) is 2.28. The van der Waals surface area contributed by atoms with Crippen LogP contribution in [0.5, 0.6) is 5.75 Å². The lowest BCUT2D eigenvalue weighted by Crippen LogP contribution is -2.09. The largest absolute Gasteiger partial charge is 0.497 e. The van der Waals surface area contributed by atoms with Crippen LogP contribution in [-0.2, 0) is 11.3 Å². The third kappa shape index (κ3) is 4.91. The summed E-state index contributed by atoms with van der Waals surface area (Å²) in [4.78, 5) is 24.6. The lowest BCUT2D eigenvalue weighted by Gasteiger charge is -1.99. The number of benzene rings is 1. The third-order valence-electron chi connectivity index (χ3n) is 3.64. The third-order valence-corrected chi connectivity index (χ3v) is 3.64. The Kier molecular flexibility index (Phi) is 5.46. The second kappa shape index (κ2) is 8.13. The van der Waals surface area contributed by atoms with Gasteiger partial charge in [0, 0.05) is 13.0 Å². The van der Waals surface area contributed by atoms with E-state index < -0.39 is 0 Å². The second-order valence-corrected chi connectivity index (χ2v) is 5.68. The highest BCUT2D eigenvalue weighted by Gasteiger charge is 2.09. The van der Waals surface area contributed by atoms with Crippen molar-refractivity contribution in [3.05, 3.63) is 65.8 Å². The van der Waals surface area contributed by atoms with Crippen LogP contribution in [0.1, 0.15) is 28.8 Å². The molecule has 27 heavy (non-hydrogen) atoms. The van der Waals surface area contributed by atoms with E-state index in [0.29, 0.717) is 11.6 Å². The number of aromatic nitrogens is 3. The minimum atomic E-state index is -0.324. The number of rotatable bonds is 7. The van der Waals surface area contributed by atoms with Crippen LogP contribution in [0, 0.1) is 0 Å². The highest BCUT2D eigenvalue weighted by atomic mass is 16.5. The van der Waals surface area contributed by atoms with Gasteiger partial charge in [-0.15, -0.1) is 5.10 Å². The average molecular weight is 366 g/mol. The zero-order valence-electron chi connectivity index (χ0n) is 14.9. The molecule has 0 aliphatic carbocycles. The molecule has 0 spiro atoms. The molecular weight excluding hydrogens is 348 g/mol. The summed E-state index contributed by atoms with van der Waals surface area (Å²) in [7, 11) is 1.60. The van der Waals surface area contributed by atoms with E-state index in [9.17, 15) is 9.59 Å². The van der Waals surface area contributed by atoms with Gasteiger partial charge in [-0.3, -0.25) is 9.59 Å². The molecular formula is C19H18N4O4. The van der Waals surface area contributed by atoms with Crippen LogP contribution >= 0.6 is 0 Å². The van der Waals surface area contributed by atoms with Crippen LogP contribution < -0.4 is 10.1 Å². The zero-order valence-corrected chi connectivity index (χ0v) is 14.9. The van der Waals surface area contributed by atoms with Crippen molar-refractivity contribution in [2.75, 3.05) is 12.4 Å². The number of nitrogens with one attached hydrogen (secondary N) is 1. The van der Waals surface area contributed by atoms with Crippen molar-refractivity contribution in [2.24, 2.45) is 0 Å². The van der Waals surface area contributed by atoms with Crippen molar-refractivity contribution < 1.29 is 18.7 Å². The molecule has 3 aromatic rings. The van der Waals surface area contributed by atoms with Gasteiger partial charge in [0.1, 0.15) is 18.1 Å². The van der Waals surface area contributed by atoms with E-state index in [0.717, 1.165) is 11.3 Å². The highest BCUT2D eigenvalue weighted by Crippen LogP contribution is 2.13. The molecule has 2 aromatic heterocycles. The minimum absolute atomic E-state index is 0.147. The fraction of sp³-hybridized carbons (Fsp3) is 0.158. The number of ether oxygens (including phenoxy) is 1. The molecule has 0 fully saturated rings. The molecule has 1 amide bonds. The molecule has 1 N–H and O–H groups in total. The van der Waals surface area contributed by atoms with Crippen LogP contribution in [0.15, 0.2) is 53.1 Å². The number of hydrogen-bond donors (Lipinski definition) is 1. The molecule has 0 aliphatic rings. The summed E-state index contributed by atoms with van der Waals surface area (Å²) in [5, 5.41) is 10.9. The number of amides is 1. The Bertz CT molecular complexity index is 970. The Morgan fingerprint density at radius 1 is 1.22 bits per heavy atom. The van der Waals surface area contributed by atoms with Crippen molar-refractivity contribution >= 4 is 23.6 Å². The van der Waals surface area contributed by atoms with Crippen molar-refractivity contribution in [1.82, 2.24) is 15.0 Å². The number of nitrogens with zero attached hydrogens (tertiary/aromatic N) is 3. The molecule has 8 nitrogen and oxygen atoms in total. The first-order chi connectivity index (χ1) is 13.0. The fourth-order valence-corrected chi connectivity index (χ4v) is 2.28. The van der Waals surface area contributed by atoms with E-state index in [2.05, 4.69) is 15.5 Å². The first kappa shape index (κ1) is 18.1. The molecule has 1 aromatic carbocycles. The molecule has 0 aliphatic heterocycles. The molecule has 138 valence electrons. The molecule has 0 radical (unpaired) electrons. The van der Waals surface area contributed by atoms with Crippen molar-refractivity contribution in [3.8, 4) is 5.75 Å². The summed E-state index contributed by atoms with van der Waals surface area (Å²) in [6, 6.07) is 10.6. The Morgan fingerprint density at radius 2 is 2.00 bits per heavy atom. The summed E-state index contributed by atoms with van der Waals surface area (Å²) in [6.45, 7) is 1.69. The van der Waals surface area contributed by atoms with Crippen molar-refractivity contribution in [1.29, 1.82) is 0 Å². The quantitative estimate of drug-likeness (QED) is 0.510. The predicted molar refractivity (Wildman–Crippen MR) is 98.5 cm³/mol. The summed E-state index contributed by atoms with van der Waals surface area (Å²) in [5.74, 6) is 1.43. The molecule has 0 saturated carbocycles. The van der Waals surface area contributed by atoms with Gasteiger partial charge in [-0.1, -0.05) is 12.1 Å². The van der Waals surface area contributed by atoms with Crippen LogP contribution in [0.4, 0.5) is 5.82 Å². The maximum Gasteiger partial charge on any atom is 0.249 e. The topological polar surface area (TPSA) is 99.2 Å². The monoisotopic (exact) mass is 366 g/mol. The van der Waals surface area contributed by atoms with Crippen molar-refractivity contribution in [2.45, 2.75) is 13.5 Å². The first-order valence-corrected chi connectivity index (χ1v) is 8.16. The molecule has 0 saturated heterocycles. The van der Waals surface area contributed by atoms with Gasteiger partial charge in [-0.25, -0.2) is 0 Å². The first-order valence-electron chi connectivity index (χ1n) is 8.16. The SMILES string of the molecule is COc1ccc(C=CC(=O)Nc2cnn(Cc3ccc(C(C)=O)o3)n2)cc1. The van der Waals surface area contributed by atoms with Crippen LogP contribution in [-0.4, -0.2) is 33.8 Å². The lowest BCUT2D eigenvalue weighted by molar-refractivity contribution is -0.111. The maximum absolute atomic E-state index is 12.0. The van der Waals surface area contributed by atoms with E-state index in [1.165, 1.54) is 24.0 Å². The van der Waals surface area contributed by atoms with Crippen LogP contribution in [0.2, 0.25) is 0 Å². The zero-order chi connectivity index (χ0) is 19.2. The number of carbonyl (C=O) groups is 2. The van der Waals surface area contributed by atoms with Gasteiger partial charge in [0.05, 0.1) is 13.3 Å². The highest BCUT2D eigenvalue weighted by molar-refractivity contribution is 6.01. The normalized spacial score (nSPS) is 10.9. The van der Waals surface area contributed by atoms with E-state index >= 15 is 0 Å². The number of carbonyl (C=O) groups excluding carboxylic acids is 2. The van der Waals surface area contributed by atoms with Gasteiger partial charge >= 0.3 is 0 Å². The number of furan rings is 1. The second-order valence-electron chi connectivity index (χ2n) is 5.68. The molecule has 0 unspecified atom stereocenters. The van der Waals surface area contributed by atoms with Gasteiger partial charge in [0.2, 0.25) is 5.91 Å². The van der Waals surface area contributed by atoms with E-state index in [1.807, 2.05) is 24.3 Å². The minimum Gasteiger partial charge on any atom is -0.497 e. The van der Waals surface area contributed by atoms with Gasteiger partial charge in [-0.05, 0) is 35.9 Å².